The predicted molar refractivity (Wildman–Crippen MR) is 70.6 cm³/mol. The second-order valence-corrected chi connectivity index (χ2v) is 5.22. The number of nitrogens with zero attached hydrogens (tertiary/aromatic N) is 4. The first-order chi connectivity index (χ1) is 9.49. The molecule has 0 N–H and O–H groups in total. The van der Waals surface area contributed by atoms with Crippen molar-refractivity contribution in [3.63, 3.8) is 0 Å². The number of hydrogen-bond donors (Lipinski definition) is 0. The molecule has 3 rings (SSSR count). The molecule has 0 bridgehead atoms. The summed E-state index contributed by atoms with van der Waals surface area (Å²) in [7, 11) is 1.73. The van der Waals surface area contributed by atoms with Crippen LogP contribution in [0.2, 0.25) is 0 Å². The van der Waals surface area contributed by atoms with Crippen LogP contribution in [-0.2, 0) is 18.4 Å². The van der Waals surface area contributed by atoms with Gasteiger partial charge in [-0.05, 0) is 28.1 Å². The second kappa shape index (κ2) is 4.48. The maximum Gasteiger partial charge on any atom is 0.299 e. The molecule has 2 heterocycles. The van der Waals surface area contributed by atoms with Crippen molar-refractivity contribution in [3.05, 3.63) is 40.1 Å². The summed E-state index contributed by atoms with van der Waals surface area (Å²) in [6, 6.07) is 2.28. The van der Waals surface area contributed by atoms with Crippen LogP contribution in [0, 0.1) is 5.82 Å². The number of ketones is 1. The third kappa shape index (κ3) is 1.83. The summed E-state index contributed by atoms with van der Waals surface area (Å²) in [5.74, 6) is -1.47. The smallest absolute Gasteiger partial charge is 0.299 e. The third-order valence-corrected chi connectivity index (χ3v) is 3.69. The largest absolute Gasteiger partial charge is 0.319 e. The van der Waals surface area contributed by atoms with Gasteiger partial charge in [0.05, 0.1) is 17.8 Å². The number of hydrogen-bond acceptors (Lipinski definition) is 4. The van der Waals surface area contributed by atoms with E-state index in [0.717, 1.165) is 6.07 Å². The molecule has 0 unspecified atom stereocenters. The normalized spacial score (nSPS) is 14.1. The van der Waals surface area contributed by atoms with E-state index < -0.39 is 17.5 Å². The van der Waals surface area contributed by atoms with E-state index >= 15 is 0 Å². The Morgan fingerprint density at radius 3 is 2.75 bits per heavy atom. The number of Topliss-reactive ketones (excluding diaryl/α,β-unsaturated/α-hetero) is 1. The van der Waals surface area contributed by atoms with Crippen molar-refractivity contribution >= 4 is 33.3 Å². The van der Waals surface area contributed by atoms with E-state index in [1.165, 1.54) is 17.3 Å². The molecule has 0 saturated carbocycles. The average molecular weight is 339 g/mol. The fourth-order valence-corrected chi connectivity index (χ4v) is 2.74. The summed E-state index contributed by atoms with van der Waals surface area (Å²) in [5, 5.41) is 7.60. The molecule has 1 aromatic heterocycles. The van der Waals surface area contributed by atoms with Gasteiger partial charge in [-0.25, -0.2) is 4.39 Å². The quantitative estimate of drug-likeness (QED) is 0.777. The minimum absolute atomic E-state index is 0.0593. The van der Waals surface area contributed by atoms with E-state index in [4.69, 9.17) is 0 Å². The number of carbonyl (C=O) groups is 2. The van der Waals surface area contributed by atoms with E-state index in [2.05, 4.69) is 26.1 Å². The minimum Gasteiger partial charge on any atom is -0.319 e. The van der Waals surface area contributed by atoms with Gasteiger partial charge in [0.25, 0.3) is 11.7 Å². The highest BCUT2D eigenvalue weighted by molar-refractivity contribution is 9.10. The molecular formula is C12H8BrFN4O2. The minimum atomic E-state index is -0.720. The van der Waals surface area contributed by atoms with Gasteiger partial charge in [-0.1, -0.05) is 0 Å². The molecule has 6 nitrogen and oxygen atoms in total. The zero-order valence-electron chi connectivity index (χ0n) is 10.3. The van der Waals surface area contributed by atoms with Crippen molar-refractivity contribution in [2.24, 2.45) is 7.05 Å². The third-order valence-electron chi connectivity index (χ3n) is 3.09. The van der Waals surface area contributed by atoms with Crippen LogP contribution in [0.1, 0.15) is 16.2 Å². The maximum atomic E-state index is 13.4. The van der Waals surface area contributed by atoms with Crippen LogP contribution < -0.4 is 4.90 Å². The monoisotopic (exact) mass is 338 g/mol. The molecule has 1 aliphatic rings. The number of fused-ring (bicyclic) bond motifs is 1. The van der Waals surface area contributed by atoms with Gasteiger partial charge in [-0.3, -0.25) is 14.5 Å². The van der Waals surface area contributed by atoms with Crippen LogP contribution in [0.3, 0.4) is 0 Å². The lowest BCUT2D eigenvalue weighted by Gasteiger charge is -2.17. The number of amides is 1. The molecule has 1 aliphatic heterocycles. The lowest BCUT2D eigenvalue weighted by Crippen LogP contribution is -2.30. The number of benzene rings is 1. The fourth-order valence-electron chi connectivity index (χ4n) is 2.10. The first-order valence-corrected chi connectivity index (χ1v) is 6.46. The standard InChI is InChI=1S/C12H8BrFN4O2/c1-17-5-15-16-9(17)4-18-10-7(11(19)12(18)20)2-6(14)3-8(10)13/h2-3,5H,4H2,1H3. The summed E-state index contributed by atoms with van der Waals surface area (Å²) >= 11 is 3.19. The van der Waals surface area contributed by atoms with Gasteiger partial charge < -0.3 is 4.57 Å². The molecule has 1 amide bonds. The Kier molecular flexibility index (Phi) is 2.89. The fraction of sp³-hybridized carbons (Fsp3) is 0.167. The van der Waals surface area contributed by atoms with E-state index in [9.17, 15) is 14.0 Å². The van der Waals surface area contributed by atoms with Gasteiger partial charge in [0, 0.05) is 11.5 Å². The first kappa shape index (κ1) is 12.9. The summed E-state index contributed by atoms with van der Waals surface area (Å²) in [6.45, 7) is 0.0955. The lowest BCUT2D eigenvalue weighted by atomic mass is 10.1. The number of halogens is 2. The van der Waals surface area contributed by atoms with E-state index in [1.54, 1.807) is 11.6 Å². The molecule has 0 atom stereocenters. The number of carbonyl (C=O) groups excluding carboxylic acids is 2. The van der Waals surface area contributed by atoms with Crippen molar-refractivity contribution in [2.45, 2.75) is 6.54 Å². The summed E-state index contributed by atoms with van der Waals surface area (Å²) in [6.07, 6.45) is 1.50. The molecule has 0 saturated heterocycles. The number of aromatic nitrogens is 3. The summed E-state index contributed by atoms with van der Waals surface area (Å²) in [5.41, 5.74) is 0.424. The van der Waals surface area contributed by atoms with Crippen LogP contribution >= 0.6 is 15.9 Å². The van der Waals surface area contributed by atoms with Gasteiger partial charge >= 0.3 is 0 Å². The molecule has 102 valence electrons. The summed E-state index contributed by atoms with van der Waals surface area (Å²) < 4.78 is 15.4. The molecular weight excluding hydrogens is 331 g/mol. The molecule has 0 radical (unpaired) electrons. The molecule has 8 heteroatoms. The van der Waals surface area contributed by atoms with Crippen molar-refractivity contribution in [2.75, 3.05) is 4.90 Å². The van der Waals surface area contributed by atoms with Crippen molar-refractivity contribution in [1.82, 2.24) is 14.8 Å². The zero-order valence-corrected chi connectivity index (χ0v) is 11.9. The molecule has 0 aliphatic carbocycles. The van der Waals surface area contributed by atoms with Gasteiger partial charge in [-0.2, -0.15) is 0 Å². The highest BCUT2D eigenvalue weighted by Crippen LogP contribution is 2.37. The van der Waals surface area contributed by atoms with Gasteiger partial charge in [-0.15, -0.1) is 10.2 Å². The topological polar surface area (TPSA) is 68.1 Å². The maximum absolute atomic E-state index is 13.4. The zero-order chi connectivity index (χ0) is 14.4. The Balaban J connectivity index is 2.09. The van der Waals surface area contributed by atoms with Crippen LogP contribution in [-0.4, -0.2) is 26.5 Å². The van der Waals surface area contributed by atoms with Crippen LogP contribution in [0.4, 0.5) is 10.1 Å². The SMILES string of the molecule is Cn1cnnc1CN1C(=O)C(=O)c2cc(F)cc(Br)c21. The van der Waals surface area contributed by atoms with Crippen molar-refractivity contribution in [1.29, 1.82) is 0 Å². The average Bonchev–Trinajstić information content (AvgIpc) is 2.88. The highest BCUT2D eigenvalue weighted by atomic mass is 79.9. The Morgan fingerprint density at radius 2 is 2.10 bits per heavy atom. The molecule has 2 aromatic rings. The van der Waals surface area contributed by atoms with E-state index in [1.807, 2.05) is 0 Å². The van der Waals surface area contributed by atoms with Gasteiger partial charge in [0.15, 0.2) is 5.82 Å². The van der Waals surface area contributed by atoms with Gasteiger partial charge in [0.1, 0.15) is 12.1 Å². The van der Waals surface area contributed by atoms with Crippen molar-refractivity contribution in [3.8, 4) is 0 Å². The van der Waals surface area contributed by atoms with Crippen LogP contribution in [0.5, 0.6) is 0 Å². The first-order valence-electron chi connectivity index (χ1n) is 5.67. The summed E-state index contributed by atoms with van der Waals surface area (Å²) in [4.78, 5) is 25.2. The van der Waals surface area contributed by atoms with E-state index in [0.29, 0.717) is 16.0 Å². The predicted octanol–water partition coefficient (Wildman–Crippen LogP) is 1.45. The second-order valence-electron chi connectivity index (χ2n) is 4.36. The molecule has 0 spiro atoms. The van der Waals surface area contributed by atoms with Crippen LogP contribution in [0.15, 0.2) is 22.9 Å². The Hall–Kier alpha value is -2.09. The van der Waals surface area contributed by atoms with E-state index in [-0.39, 0.29) is 12.1 Å². The number of anilines is 1. The Labute approximate surface area is 121 Å². The lowest BCUT2D eigenvalue weighted by molar-refractivity contribution is -0.114. The van der Waals surface area contributed by atoms with Crippen LogP contribution in [0.25, 0.3) is 0 Å². The Bertz CT molecular complexity index is 743. The van der Waals surface area contributed by atoms with Crippen molar-refractivity contribution < 1.29 is 14.0 Å². The number of aryl methyl sites for hydroxylation is 1. The molecule has 1 aromatic carbocycles. The number of rotatable bonds is 2. The molecule has 20 heavy (non-hydrogen) atoms. The molecule has 0 fully saturated rings. The van der Waals surface area contributed by atoms with Gasteiger partial charge in [0.2, 0.25) is 0 Å². The Morgan fingerprint density at radius 1 is 1.35 bits per heavy atom. The highest BCUT2D eigenvalue weighted by Gasteiger charge is 2.38.